The van der Waals surface area contributed by atoms with E-state index in [-0.39, 0.29) is 0 Å². The molecule has 0 bridgehead atoms. The Bertz CT molecular complexity index is 431. The standard InChI is InChI=1S/C18H27N/c1-18(2)11-5-7-16(12-18)19-13-15-6-3-4-8-17(15)14-9-10-14/h3-4,6,8,14,16,19H,5,7,9-13H2,1-2H3. The van der Waals surface area contributed by atoms with E-state index in [0.29, 0.717) is 5.41 Å². The smallest absolute Gasteiger partial charge is 0.0210 e. The van der Waals surface area contributed by atoms with Crippen molar-refractivity contribution in [3.05, 3.63) is 35.4 Å². The van der Waals surface area contributed by atoms with Crippen molar-refractivity contribution >= 4 is 0 Å². The second-order valence-electron chi connectivity index (χ2n) is 7.31. The minimum absolute atomic E-state index is 0.534. The number of benzene rings is 1. The lowest BCUT2D eigenvalue weighted by Gasteiger charge is -2.35. The maximum Gasteiger partial charge on any atom is 0.0210 e. The van der Waals surface area contributed by atoms with E-state index >= 15 is 0 Å². The Kier molecular flexibility index (Phi) is 3.66. The maximum absolute atomic E-state index is 3.82. The minimum Gasteiger partial charge on any atom is -0.310 e. The van der Waals surface area contributed by atoms with Gasteiger partial charge in [0.1, 0.15) is 0 Å². The number of hydrogen-bond donors (Lipinski definition) is 1. The Morgan fingerprint density at radius 1 is 1.16 bits per heavy atom. The molecule has 19 heavy (non-hydrogen) atoms. The molecule has 1 atom stereocenters. The topological polar surface area (TPSA) is 12.0 Å². The Labute approximate surface area is 117 Å². The summed E-state index contributed by atoms with van der Waals surface area (Å²) in [6.45, 7) is 5.89. The van der Waals surface area contributed by atoms with E-state index in [2.05, 4.69) is 43.4 Å². The van der Waals surface area contributed by atoms with Crippen molar-refractivity contribution in [3.63, 3.8) is 0 Å². The van der Waals surface area contributed by atoms with Gasteiger partial charge in [0, 0.05) is 12.6 Å². The molecule has 0 saturated heterocycles. The lowest BCUT2D eigenvalue weighted by molar-refractivity contribution is 0.197. The van der Waals surface area contributed by atoms with Crippen LogP contribution in [0.15, 0.2) is 24.3 Å². The Morgan fingerprint density at radius 3 is 2.68 bits per heavy atom. The highest BCUT2D eigenvalue weighted by Crippen LogP contribution is 2.41. The van der Waals surface area contributed by atoms with Gasteiger partial charge in [-0.2, -0.15) is 0 Å². The Morgan fingerprint density at radius 2 is 1.95 bits per heavy atom. The van der Waals surface area contributed by atoms with Gasteiger partial charge >= 0.3 is 0 Å². The molecule has 2 fully saturated rings. The van der Waals surface area contributed by atoms with Crippen molar-refractivity contribution in [1.29, 1.82) is 0 Å². The summed E-state index contributed by atoms with van der Waals surface area (Å²) in [5.74, 6) is 0.862. The largest absolute Gasteiger partial charge is 0.310 e. The van der Waals surface area contributed by atoms with Crippen molar-refractivity contribution in [2.75, 3.05) is 0 Å². The molecule has 1 N–H and O–H groups in total. The average Bonchev–Trinajstić information content (AvgIpc) is 3.20. The van der Waals surface area contributed by atoms with Crippen LogP contribution in [0.2, 0.25) is 0 Å². The lowest BCUT2D eigenvalue weighted by Crippen LogP contribution is -2.37. The molecule has 1 unspecified atom stereocenters. The van der Waals surface area contributed by atoms with E-state index in [0.717, 1.165) is 18.5 Å². The zero-order valence-electron chi connectivity index (χ0n) is 12.4. The van der Waals surface area contributed by atoms with E-state index in [1.165, 1.54) is 44.1 Å². The first-order valence-corrected chi connectivity index (χ1v) is 7.95. The van der Waals surface area contributed by atoms with E-state index in [1.807, 2.05) is 0 Å². The first-order chi connectivity index (χ1) is 9.14. The van der Waals surface area contributed by atoms with Crippen molar-refractivity contribution in [2.45, 2.75) is 70.9 Å². The molecule has 1 aromatic rings. The quantitative estimate of drug-likeness (QED) is 0.829. The van der Waals surface area contributed by atoms with Gasteiger partial charge in [0.25, 0.3) is 0 Å². The summed E-state index contributed by atoms with van der Waals surface area (Å²) in [5, 5.41) is 3.82. The van der Waals surface area contributed by atoms with Crippen LogP contribution in [0.3, 0.4) is 0 Å². The molecule has 1 nitrogen and oxygen atoms in total. The van der Waals surface area contributed by atoms with Crippen LogP contribution < -0.4 is 5.32 Å². The van der Waals surface area contributed by atoms with E-state index in [1.54, 1.807) is 5.56 Å². The van der Waals surface area contributed by atoms with E-state index in [4.69, 9.17) is 0 Å². The predicted octanol–water partition coefficient (Wildman–Crippen LogP) is 4.62. The number of rotatable bonds is 4. The molecule has 3 rings (SSSR count). The number of hydrogen-bond acceptors (Lipinski definition) is 1. The summed E-state index contributed by atoms with van der Waals surface area (Å²) < 4.78 is 0. The van der Waals surface area contributed by atoms with Crippen LogP contribution in [0.1, 0.15) is 69.4 Å². The molecule has 2 saturated carbocycles. The second kappa shape index (κ2) is 5.28. The predicted molar refractivity (Wildman–Crippen MR) is 81.3 cm³/mol. The Balaban J connectivity index is 1.60. The maximum atomic E-state index is 3.82. The fourth-order valence-electron chi connectivity index (χ4n) is 3.61. The normalized spacial score (nSPS) is 26.3. The van der Waals surface area contributed by atoms with Gasteiger partial charge in [-0.15, -0.1) is 0 Å². The third-order valence-corrected chi connectivity index (χ3v) is 4.86. The molecule has 1 heteroatoms. The second-order valence-corrected chi connectivity index (χ2v) is 7.31. The van der Waals surface area contributed by atoms with Crippen molar-refractivity contribution in [2.24, 2.45) is 5.41 Å². The number of nitrogens with one attached hydrogen (secondary N) is 1. The fourth-order valence-corrected chi connectivity index (χ4v) is 3.61. The SMILES string of the molecule is CC1(C)CCCC(NCc2ccccc2C2CC2)C1. The van der Waals surface area contributed by atoms with Crippen molar-refractivity contribution < 1.29 is 0 Å². The highest BCUT2D eigenvalue weighted by atomic mass is 14.9. The summed E-state index contributed by atoms with van der Waals surface area (Å²) in [7, 11) is 0. The van der Waals surface area contributed by atoms with Gasteiger partial charge in [-0.05, 0) is 54.6 Å². The summed E-state index contributed by atoms with van der Waals surface area (Å²) in [6, 6.07) is 9.75. The van der Waals surface area contributed by atoms with Crippen LogP contribution in [-0.2, 0) is 6.54 Å². The first kappa shape index (κ1) is 13.2. The minimum atomic E-state index is 0.534. The van der Waals surface area contributed by atoms with Crippen LogP contribution in [-0.4, -0.2) is 6.04 Å². The summed E-state index contributed by atoms with van der Waals surface area (Å²) in [4.78, 5) is 0. The molecule has 0 spiro atoms. The Hall–Kier alpha value is -0.820. The fraction of sp³-hybridized carbons (Fsp3) is 0.667. The molecule has 2 aliphatic carbocycles. The van der Waals surface area contributed by atoms with Crippen LogP contribution >= 0.6 is 0 Å². The molecular weight excluding hydrogens is 230 g/mol. The van der Waals surface area contributed by atoms with Gasteiger partial charge in [-0.25, -0.2) is 0 Å². The third kappa shape index (κ3) is 3.39. The highest BCUT2D eigenvalue weighted by molar-refractivity contribution is 5.33. The zero-order chi connectivity index (χ0) is 13.3. The molecular formula is C18H27N. The average molecular weight is 257 g/mol. The molecule has 2 aliphatic rings. The van der Waals surface area contributed by atoms with Crippen LogP contribution in [0.4, 0.5) is 0 Å². The van der Waals surface area contributed by atoms with Gasteiger partial charge < -0.3 is 5.32 Å². The summed E-state index contributed by atoms with van der Waals surface area (Å²) >= 11 is 0. The summed E-state index contributed by atoms with van der Waals surface area (Å²) in [5.41, 5.74) is 3.67. The van der Waals surface area contributed by atoms with Gasteiger partial charge in [0.15, 0.2) is 0 Å². The molecule has 1 aromatic carbocycles. The van der Waals surface area contributed by atoms with Gasteiger partial charge in [-0.3, -0.25) is 0 Å². The lowest BCUT2D eigenvalue weighted by atomic mass is 9.75. The van der Waals surface area contributed by atoms with Crippen LogP contribution in [0, 0.1) is 5.41 Å². The first-order valence-electron chi connectivity index (χ1n) is 7.95. The van der Waals surface area contributed by atoms with Gasteiger partial charge in [0.2, 0.25) is 0 Å². The summed E-state index contributed by atoms with van der Waals surface area (Å²) in [6.07, 6.45) is 8.26. The highest BCUT2D eigenvalue weighted by Gasteiger charge is 2.28. The molecule has 0 amide bonds. The van der Waals surface area contributed by atoms with Crippen LogP contribution in [0.25, 0.3) is 0 Å². The van der Waals surface area contributed by atoms with Crippen molar-refractivity contribution in [3.8, 4) is 0 Å². The van der Waals surface area contributed by atoms with E-state index in [9.17, 15) is 0 Å². The molecule has 104 valence electrons. The van der Waals surface area contributed by atoms with Crippen molar-refractivity contribution in [1.82, 2.24) is 5.32 Å². The van der Waals surface area contributed by atoms with Gasteiger partial charge in [0.05, 0.1) is 0 Å². The molecule has 0 radical (unpaired) electrons. The molecule has 0 aliphatic heterocycles. The molecule has 0 aromatic heterocycles. The monoisotopic (exact) mass is 257 g/mol. The third-order valence-electron chi connectivity index (χ3n) is 4.86. The van der Waals surface area contributed by atoms with Gasteiger partial charge in [-0.1, -0.05) is 44.5 Å². The zero-order valence-corrected chi connectivity index (χ0v) is 12.4. The molecule has 0 heterocycles. The van der Waals surface area contributed by atoms with E-state index < -0.39 is 0 Å². The van der Waals surface area contributed by atoms with Crippen LogP contribution in [0.5, 0.6) is 0 Å².